The maximum absolute atomic E-state index is 9.73. The molecule has 0 atom stereocenters. The van der Waals surface area contributed by atoms with Crippen molar-refractivity contribution < 1.29 is 9.84 Å². The zero-order chi connectivity index (χ0) is 22.2. The number of piperidine rings is 1. The van der Waals surface area contributed by atoms with E-state index in [1.54, 1.807) is 0 Å². The predicted octanol–water partition coefficient (Wildman–Crippen LogP) is 4.36. The van der Waals surface area contributed by atoms with Gasteiger partial charge in [0.1, 0.15) is 11.5 Å². The average molecular weight is 431 g/mol. The van der Waals surface area contributed by atoms with Crippen molar-refractivity contribution in [3.63, 3.8) is 0 Å². The van der Waals surface area contributed by atoms with E-state index < -0.39 is 0 Å². The Morgan fingerprint density at radius 1 is 0.938 bits per heavy atom. The molecule has 1 heterocycles. The second-order valence-corrected chi connectivity index (χ2v) is 8.05. The van der Waals surface area contributed by atoms with Crippen LogP contribution in [-0.4, -0.2) is 35.2 Å². The van der Waals surface area contributed by atoms with Crippen LogP contribution in [0.1, 0.15) is 24.0 Å². The fourth-order valence-corrected chi connectivity index (χ4v) is 3.80. The molecule has 0 unspecified atom stereocenters. The van der Waals surface area contributed by atoms with E-state index in [1.807, 2.05) is 60.7 Å². The van der Waals surface area contributed by atoms with Crippen LogP contribution in [0.2, 0.25) is 0 Å². The van der Waals surface area contributed by atoms with Crippen LogP contribution in [0, 0.1) is 0 Å². The van der Waals surface area contributed by atoms with Gasteiger partial charge in [0.2, 0.25) is 0 Å². The molecular formula is C26H30N4O2. The van der Waals surface area contributed by atoms with Crippen LogP contribution >= 0.6 is 0 Å². The Kier molecular flexibility index (Phi) is 7.38. The lowest BCUT2D eigenvalue weighted by atomic mass is 10.0. The van der Waals surface area contributed by atoms with Gasteiger partial charge in [0.25, 0.3) is 0 Å². The Bertz CT molecular complexity index is 1030. The molecule has 1 fully saturated rings. The number of para-hydroxylation sites is 1. The first kappa shape index (κ1) is 21.9. The summed E-state index contributed by atoms with van der Waals surface area (Å²) in [5.41, 5.74) is 9.39. The molecule has 3 aromatic rings. The van der Waals surface area contributed by atoms with Gasteiger partial charge in [0.05, 0.1) is 12.6 Å². The molecule has 166 valence electrons. The maximum atomic E-state index is 9.73. The second-order valence-electron chi connectivity index (χ2n) is 8.05. The molecule has 1 saturated heterocycles. The first-order chi connectivity index (χ1) is 15.7. The summed E-state index contributed by atoms with van der Waals surface area (Å²) in [6, 6.07) is 25.6. The van der Waals surface area contributed by atoms with Gasteiger partial charge < -0.3 is 20.9 Å². The highest BCUT2D eigenvalue weighted by molar-refractivity contribution is 5.92. The smallest absolute Gasteiger partial charge is 0.193 e. The van der Waals surface area contributed by atoms with Crippen LogP contribution < -0.4 is 15.8 Å². The molecule has 32 heavy (non-hydrogen) atoms. The molecule has 0 spiro atoms. The lowest BCUT2D eigenvalue weighted by Crippen LogP contribution is -2.35. The topological polar surface area (TPSA) is 83.1 Å². The van der Waals surface area contributed by atoms with Gasteiger partial charge in [0, 0.05) is 31.4 Å². The number of nitrogens with one attached hydrogen (secondary N) is 1. The van der Waals surface area contributed by atoms with Gasteiger partial charge in [-0.25, -0.2) is 4.99 Å². The summed E-state index contributed by atoms with van der Waals surface area (Å²) in [6.07, 6.45) is 1.52. The second kappa shape index (κ2) is 10.8. The van der Waals surface area contributed by atoms with Gasteiger partial charge in [-0.1, -0.05) is 48.5 Å². The van der Waals surface area contributed by atoms with E-state index in [0.29, 0.717) is 12.5 Å². The van der Waals surface area contributed by atoms with E-state index in [2.05, 4.69) is 33.4 Å². The van der Waals surface area contributed by atoms with E-state index >= 15 is 0 Å². The van der Waals surface area contributed by atoms with Crippen molar-refractivity contribution in [2.75, 3.05) is 18.4 Å². The quantitative estimate of drug-likeness (QED) is 0.383. The number of aliphatic imine (C=N–C) groups is 1. The minimum atomic E-state index is -0.159. The number of rotatable bonds is 7. The van der Waals surface area contributed by atoms with E-state index in [0.717, 1.165) is 55.2 Å². The molecule has 6 heteroatoms. The molecule has 0 aromatic heterocycles. The Labute approximate surface area is 189 Å². The van der Waals surface area contributed by atoms with Gasteiger partial charge >= 0.3 is 0 Å². The van der Waals surface area contributed by atoms with Crippen molar-refractivity contribution in [2.45, 2.75) is 32.0 Å². The normalized spacial score (nSPS) is 15.5. The van der Waals surface area contributed by atoms with E-state index in [9.17, 15) is 5.11 Å². The van der Waals surface area contributed by atoms with Crippen molar-refractivity contribution in [3.05, 3.63) is 90.0 Å². The molecule has 0 bridgehead atoms. The number of hydrogen-bond donors (Lipinski definition) is 3. The van der Waals surface area contributed by atoms with Crippen LogP contribution in [0.3, 0.4) is 0 Å². The highest BCUT2D eigenvalue weighted by atomic mass is 16.5. The number of guanidine groups is 1. The molecule has 0 amide bonds. The largest absolute Gasteiger partial charge is 0.457 e. The van der Waals surface area contributed by atoms with Crippen molar-refractivity contribution in [1.29, 1.82) is 0 Å². The molecule has 4 N–H and O–H groups in total. The Hall–Kier alpha value is -3.35. The van der Waals surface area contributed by atoms with Crippen molar-refractivity contribution in [1.82, 2.24) is 4.90 Å². The van der Waals surface area contributed by atoms with Crippen LogP contribution in [0.4, 0.5) is 5.69 Å². The molecule has 1 aliphatic rings. The van der Waals surface area contributed by atoms with E-state index in [1.165, 1.54) is 5.56 Å². The van der Waals surface area contributed by atoms with Gasteiger partial charge in [-0.15, -0.1) is 0 Å². The number of ether oxygens (including phenoxy) is 1. The number of aliphatic hydroxyl groups is 1. The Balaban J connectivity index is 1.37. The summed E-state index contributed by atoms with van der Waals surface area (Å²) in [5.74, 6) is 1.87. The third-order valence-electron chi connectivity index (χ3n) is 5.57. The number of benzene rings is 3. The maximum Gasteiger partial charge on any atom is 0.193 e. The summed E-state index contributed by atoms with van der Waals surface area (Å²) < 4.78 is 5.88. The predicted molar refractivity (Wildman–Crippen MR) is 129 cm³/mol. The van der Waals surface area contributed by atoms with Crippen molar-refractivity contribution >= 4 is 11.6 Å². The first-order valence-corrected chi connectivity index (χ1v) is 11.0. The summed E-state index contributed by atoms with van der Waals surface area (Å²) in [7, 11) is 0. The van der Waals surface area contributed by atoms with Gasteiger partial charge in [-0.3, -0.25) is 4.90 Å². The van der Waals surface area contributed by atoms with E-state index in [4.69, 9.17) is 10.5 Å². The number of hydrogen-bond acceptors (Lipinski definition) is 4. The first-order valence-electron chi connectivity index (χ1n) is 11.0. The molecule has 0 radical (unpaired) electrons. The highest BCUT2D eigenvalue weighted by Crippen LogP contribution is 2.24. The SMILES string of the molecule is NC(=NCc1ccccc1CN1CCC(O)CC1)Nc1cccc(Oc2ccccc2)c1. The number of nitrogens with two attached hydrogens (primary N) is 1. The molecular weight excluding hydrogens is 400 g/mol. The van der Waals surface area contributed by atoms with Crippen molar-refractivity contribution in [2.24, 2.45) is 10.7 Å². The summed E-state index contributed by atoms with van der Waals surface area (Å²) in [4.78, 5) is 6.94. The molecule has 0 saturated carbocycles. The number of anilines is 1. The lowest BCUT2D eigenvalue weighted by molar-refractivity contribution is 0.0791. The van der Waals surface area contributed by atoms with Gasteiger partial charge in [0.15, 0.2) is 5.96 Å². The van der Waals surface area contributed by atoms with Crippen LogP contribution in [-0.2, 0) is 13.1 Å². The number of aliphatic hydroxyl groups excluding tert-OH is 1. The minimum absolute atomic E-state index is 0.159. The van der Waals surface area contributed by atoms with Gasteiger partial charge in [-0.2, -0.15) is 0 Å². The summed E-state index contributed by atoms with van der Waals surface area (Å²) in [5, 5.41) is 12.9. The fraction of sp³-hybridized carbons (Fsp3) is 0.269. The molecule has 3 aromatic carbocycles. The summed E-state index contributed by atoms with van der Waals surface area (Å²) in [6.45, 7) is 3.21. The van der Waals surface area contributed by atoms with Crippen LogP contribution in [0.25, 0.3) is 0 Å². The standard InChI is InChI=1S/C26H30N4O2/c27-26(29-22-9-6-12-25(17-22)32-24-10-2-1-3-11-24)28-18-20-7-4-5-8-21(20)19-30-15-13-23(31)14-16-30/h1-12,17,23,31H,13-16,18-19H2,(H3,27,28,29). The zero-order valence-corrected chi connectivity index (χ0v) is 18.2. The van der Waals surface area contributed by atoms with E-state index in [-0.39, 0.29) is 6.10 Å². The molecule has 1 aliphatic heterocycles. The number of likely N-dealkylation sites (tertiary alicyclic amines) is 1. The third-order valence-corrected chi connectivity index (χ3v) is 5.57. The van der Waals surface area contributed by atoms with Crippen molar-refractivity contribution in [3.8, 4) is 11.5 Å². The fourth-order valence-electron chi connectivity index (χ4n) is 3.80. The Morgan fingerprint density at radius 3 is 2.41 bits per heavy atom. The summed E-state index contributed by atoms with van der Waals surface area (Å²) >= 11 is 0. The van der Waals surface area contributed by atoms with Gasteiger partial charge in [-0.05, 0) is 48.2 Å². The minimum Gasteiger partial charge on any atom is -0.457 e. The lowest BCUT2D eigenvalue weighted by Gasteiger charge is -2.30. The third kappa shape index (κ3) is 6.33. The Morgan fingerprint density at radius 2 is 1.62 bits per heavy atom. The molecule has 4 rings (SSSR count). The number of nitrogens with zero attached hydrogens (tertiary/aromatic N) is 2. The highest BCUT2D eigenvalue weighted by Gasteiger charge is 2.17. The molecule has 6 nitrogen and oxygen atoms in total. The molecule has 0 aliphatic carbocycles. The zero-order valence-electron chi connectivity index (χ0n) is 18.2. The monoisotopic (exact) mass is 430 g/mol. The van der Waals surface area contributed by atoms with Crippen LogP contribution in [0.15, 0.2) is 83.9 Å². The average Bonchev–Trinajstić information content (AvgIpc) is 2.81. The van der Waals surface area contributed by atoms with Crippen LogP contribution in [0.5, 0.6) is 11.5 Å².